The van der Waals surface area contributed by atoms with Crippen molar-refractivity contribution in [2.75, 3.05) is 6.54 Å². The number of rotatable bonds is 6. The van der Waals surface area contributed by atoms with Gasteiger partial charge in [0, 0.05) is 23.0 Å². The van der Waals surface area contributed by atoms with E-state index in [2.05, 4.69) is 21.2 Å². The molecule has 0 aromatic heterocycles. The monoisotopic (exact) mass is 433 g/mol. The van der Waals surface area contributed by atoms with Crippen LogP contribution in [0.4, 0.5) is 4.79 Å². The average molecular weight is 434 g/mol. The molecule has 144 valence electrons. The predicted octanol–water partition coefficient (Wildman–Crippen LogP) is 5.26. The lowest BCUT2D eigenvalue weighted by atomic mass is 10.1. The number of ether oxygens (including phenoxy) is 2. The molecule has 0 aliphatic heterocycles. The van der Waals surface area contributed by atoms with Crippen molar-refractivity contribution in [1.29, 1.82) is 0 Å². The molecule has 1 amide bonds. The van der Waals surface area contributed by atoms with Crippen molar-refractivity contribution in [2.45, 2.75) is 38.9 Å². The molecule has 2 aromatic carbocycles. The van der Waals surface area contributed by atoms with E-state index in [4.69, 9.17) is 9.47 Å². The second-order valence-electron chi connectivity index (χ2n) is 7.00. The maximum atomic E-state index is 12.5. The normalized spacial score (nSPS) is 12.1. The SMILES string of the molecule is CC(C)(C)OC(=O)NCCC(OC(=O)c1ccccc1)c1ccccc1Br. The van der Waals surface area contributed by atoms with Gasteiger partial charge in [0.05, 0.1) is 5.56 Å². The van der Waals surface area contributed by atoms with Crippen LogP contribution in [-0.2, 0) is 9.47 Å². The number of alkyl carbamates (subject to hydrolysis) is 1. The summed E-state index contributed by atoms with van der Waals surface area (Å²) < 4.78 is 11.8. The highest BCUT2D eigenvalue weighted by Gasteiger charge is 2.21. The molecule has 0 aliphatic rings. The molecule has 0 radical (unpaired) electrons. The summed E-state index contributed by atoms with van der Waals surface area (Å²) in [5.74, 6) is -0.409. The summed E-state index contributed by atoms with van der Waals surface area (Å²) in [6.45, 7) is 5.72. The van der Waals surface area contributed by atoms with Crippen molar-refractivity contribution >= 4 is 28.0 Å². The molecule has 2 aromatic rings. The fraction of sp³-hybridized carbons (Fsp3) is 0.333. The van der Waals surface area contributed by atoms with Crippen LogP contribution in [0.3, 0.4) is 0 Å². The Morgan fingerprint density at radius 1 is 1.04 bits per heavy atom. The van der Waals surface area contributed by atoms with E-state index >= 15 is 0 Å². The lowest BCUT2D eigenvalue weighted by molar-refractivity contribution is 0.0269. The van der Waals surface area contributed by atoms with Crippen LogP contribution in [0.5, 0.6) is 0 Å². The van der Waals surface area contributed by atoms with Crippen molar-refractivity contribution < 1.29 is 19.1 Å². The van der Waals surface area contributed by atoms with E-state index in [9.17, 15) is 9.59 Å². The van der Waals surface area contributed by atoms with Gasteiger partial charge < -0.3 is 14.8 Å². The number of carbonyl (C=O) groups is 2. The number of esters is 1. The molecule has 1 N–H and O–H groups in total. The first-order chi connectivity index (χ1) is 12.8. The molecule has 0 saturated carbocycles. The lowest BCUT2D eigenvalue weighted by Gasteiger charge is -2.22. The molecule has 0 saturated heterocycles. The Morgan fingerprint density at radius 2 is 1.67 bits per heavy atom. The molecule has 0 spiro atoms. The number of hydrogen-bond donors (Lipinski definition) is 1. The minimum atomic E-state index is -0.564. The Kier molecular flexibility index (Phi) is 7.42. The van der Waals surface area contributed by atoms with Crippen LogP contribution >= 0.6 is 15.9 Å². The van der Waals surface area contributed by atoms with E-state index in [0.29, 0.717) is 18.5 Å². The molecule has 0 bridgehead atoms. The van der Waals surface area contributed by atoms with E-state index in [1.54, 1.807) is 45.0 Å². The first kappa shape index (κ1) is 21.0. The Labute approximate surface area is 168 Å². The third-order valence-electron chi connectivity index (χ3n) is 3.59. The third-order valence-corrected chi connectivity index (χ3v) is 4.31. The molecule has 6 heteroatoms. The van der Waals surface area contributed by atoms with Gasteiger partial charge in [-0.3, -0.25) is 0 Å². The highest BCUT2D eigenvalue weighted by atomic mass is 79.9. The highest BCUT2D eigenvalue weighted by Crippen LogP contribution is 2.29. The highest BCUT2D eigenvalue weighted by molar-refractivity contribution is 9.10. The van der Waals surface area contributed by atoms with E-state index in [0.717, 1.165) is 10.0 Å². The maximum absolute atomic E-state index is 12.5. The van der Waals surface area contributed by atoms with Gasteiger partial charge in [-0.05, 0) is 39.0 Å². The first-order valence-corrected chi connectivity index (χ1v) is 9.53. The van der Waals surface area contributed by atoms with Crippen LogP contribution in [0.2, 0.25) is 0 Å². The Morgan fingerprint density at radius 3 is 2.30 bits per heavy atom. The summed E-state index contributed by atoms with van der Waals surface area (Å²) in [5.41, 5.74) is 0.758. The third kappa shape index (κ3) is 7.06. The standard InChI is InChI=1S/C21H24BrNO4/c1-21(2,3)27-20(25)23-14-13-18(16-11-7-8-12-17(16)22)26-19(24)15-9-5-4-6-10-15/h4-12,18H,13-14H2,1-3H3,(H,23,25). The van der Waals surface area contributed by atoms with Crippen LogP contribution in [0, 0.1) is 0 Å². The largest absolute Gasteiger partial charge is 0.454 e. The summed E-state index contributed by atoms with van der Waals surface area (Å²) in [5, 5.41) is 2.70. The second-order valence-corrected chi connectivity index (χ2v) is 7.85. The first-order valence-electron chi connectivity index (χ1n) is 8.73. The number of carbonyl (C=O) groups excluding carboxylic acids is 2. The fourth-order valence-electron chi connectivity index (χ4n) is 2.41. The summed E-state index contributed by atoms with van der Waals surface area (Å²) in [6, 6.07) is 16.4. The van der Waals surface area contributed by atoms with Crippen LogP contribution in [0.25, 0.3) is 0 Å². The van der Waals surface area contributed by atoms with E-state index in [-0.39, 0.29) is 0 Å². The average Bonchev–Trinajstić information content (AvgIpc) is 2.60. The molecule has 2 rings (SSSR count). The topological polar surface area (TPSA) is 64.6 Å². The van der Waals surface area contributed by atoms with E-state index < -0.39 is 23.8 Å². The number of hydrogen-bond acceptors (Lipinski definition) is 4. The molecule has 0 aliphatic carbocycles. The fourth-order valence-corrected chi connectivity index (χ4v) is 2.95. The van der Waals surface area contributed by atoms with Gasteiger partial charge in [0.25, 0.3) is 0 Å². The van der Waals surface area contributed by atoms with Crippen LogP contribution in [-0.4, -0.2) is 24.2 Å². The zero-order chi connectivity index (χ0) is 19.9. The van der Waals surface area contributed by atoms with Crippen molar-refractivity contribution in [3.63, 3.8) is 0 Å². The van der Waals surface area contributed by atoms with Gasteiger partial charge in [-0.15, -0.1) is 0 Å². The molecular formula is C21H24BrNO4. The smallest absolute Gasteiger partial charge is 0.407 e. The Bertz CT molecular complexity index is 771. The van der Waals surface area contributed by atoms with Crippen molar-refractivity contribution in [3.8, 4) is 0 Å². The van der Waals surface area contributed by atoms with E-state index in [1.165, 1.54) is 0 Å². The van der Waals surface area contributed by atoms with Crippen LogP contribution in [0.15, 0.2) is 59.1 Å². The van der Waals surface area contributed by atoms with Crippen molar-refractivity contribution in [1.82, 2.24) is 5.32 Å². The summed E-state index contributed by atoms with van der Waals surface area (Å²) in [4.78, 5) is 24.3. The Hall–Kier alpha value is -2.34. The van der Waals surface area contributed by atoms with Crippen LogP contribution in [0.1, 0.15) is 49.2 Å². The summed E-state index contributed by atoms with van der Waals surface area (Å²) in [6.07, 6.45) is -0.591. The molecule has 5 nitrogen and oxygen atoms in total. The molecule has 0 fully saturated rings. The summed E-state index contributed by atoms with van der Waals surface area (Å²) in [7, 11) is 0. The second kappa shape index (κ2) is 9.55. The van der Waals surface area contributed by atoms with Gasteiger partial charge in [-0.25, -0.2) is 9.59 Å². The van der Waals surface area contributed by atoms with Gasteiger partial charge in [0.1, 0.15) is 11.7 Å². The number of halogens is 1. The van der Waals surface area contributed by atoms with Gasteiger partial charge in [0.2, 0.25) is 0 Å². The molecule has 1 atom stereocenters. The van der Waals surface area contributed by atoms with Crippen molar-refractivity contribution in [3.05, 3.63) is 70.2 Å². The molecule has 1 unspecified atom stereocenters. The van der Waals surface area contributed by atoms with Gasteiger partial charge in [-0.1, -0.05) is 52.3 Å². The number of nitrogens with one attached hydrogen (secondary N) is 1. The van der Waals surface area contributed by atoms with Gasteiger partial charge >= 0.3 is 12.1 Å². The van der Waals surface area contributed by atoms with Gasteiger partial charge in [-0.2, -0.15) is 0 Å². The van der Waals surface area contributed by atoms with Crippen LogP contribution < -0.4 is 5.32 Å². The number of amides is 1. The predicted molar refractivity (Wildman–Crippen MR) is 108 cm³/mol. The lowest BCUT2D eigenvalue weighted by Crippen LogP contribution is -2.33. The quantitative estimate of drug-likeness (QED) is 0.630. The molecular weight excluding hydrogens is 410 g/mol. The zero-order valence-electron chi connectivity index (χ0n) is 15.7. The minimum Gasteiger partial charge on any atom is -0.454 e. The Balaban J connectivity index is 2.06. The zero-order valence-corrected chi connectivity index (χ0v) is 17.3. The summed E-state index contributed by atoms with van der Waals surface area (Å²) >= 11 is 3.50. The maximum Gasteiger partial charge on any atom is 0.407 e. The minimum absolute atomic E-state index is 0.309. The number of benzene rings is 2. The molecule has 27 heavy (non-hydrogen) atoms. The van der Waals surface area contributed by atoms with Crippen molar-refractivity contribution in [2.24, 2.45) is 0 Å². The van der Waals surface area contributed by atoms with Gasteiger partial charge in [0.15, 0.2) is 0 Å². The molecule has 0 heterocycles. The van der Waals surface area contributed by atoms with E-state index in [1.807, 2.05) is 30.3 Å².